The lowest BCUT2D eigenvalue weighted by Crippen LogP contribution is -1.99. The molecule has 5 heteroatoms. The number of rotatable bonds is 3. The predicted octanol–water partition coefficient (Wildman–Crippen LogP) is 4.19. The summed E-state index contributed by atoms with van der Waals surface area (Å²) in [6.45, 7) is 3.90. The van der Waals surface area contributed by atoms with Gasteiger partial charge in [0.1, 0.15) is 16.3 Å². The first-order valence-electron chi connectivity index (χ1n) is 5.51. The number of hydrogen-bond donors (Lipinski definition) is 1. The van der Waals surface area contributed by atoms with Crippen molar-refractivity contribution in [3.05, 3.63) is 51.8 Å². The van der Waals surface area contributed by atoms with Crippen molar-refractivity contribution >= 4 is 24.0 Å². The summed E-state index contributed by atoms with van der Waals surface area (Å²) in [4.78, 5) is 8.10. The van der Waals surface area contributed by atoms with Crippen LogP contribution in [0.1, 0.15) is 17.1 Å². The third kappa shape index (κ3) is 2.97. The molecule has 0 amide bonds. The number of aromatic nitrogens is 2. The molecule has 2 rings (SSSR count). The van der Waals surface area contributed by atoms with Crippen LogP contribution in [-0.4, -0.2) is 9.97 Å². The van der Waals surface area contributed by atoms with E-state index in [4.69, 9.17) is 12.2 Å². The molecule has 0 aliphatic carbocycles. The lowest BCUT2D eigenvalue weighted by Gasteiger charge is -2.06. The van der Waals surface area contributed by atoms with Gasteiger partial charge in [0.05, 0.1) is 5.75 Å². The first-order chi connectivity index (χ1) is 8.58. The van der Waals surface area contributed by atoms with Crippen LogP contribution in [0.2, 0.25) is 0 Å². The van der Waals surface area contributed by atoms with Gasteiger partial charge in [0.25, 0.3) is 0 Å². The molecule has 0 fully saturated rings. The van der Waals surface area contributed by atoms with Crippen molar-refractivity contribution in [1.29, 1.82) is 0 Å². The van der Waals surface area contributed by atoms with Crippen molar-refractivity contribution in [1.82, 2.24) is 9.97 Å². The van der Waals surface area contributed by atoms with E-state index >= 15 is 0 Å². The van der Waals surface area contributed by atoms with Gasteiger partial charge in [-0.1, -0.05) is 24.4 Å². The zero-order valence-electron chi connectivity index (χ0n) is 10.2. The second kappa shape index (κ2) is 5.63. The van der Waals surface area contributed by atoms with Gasteiger partial charge in [-0.15, -0.1) is 11.8 Å². The fourth-order valence-electron chi connectivity index (χ4n) is 1.48. The van der Waals surface area contributed by atoms with E-state index < -0.39 is 0 Å². The van der Waals surface area contributed by atoms with Crippen LogP contribution in [0.3, 0.4) is 0 Å². The molecule has 94 valence electrons. The van der Waals surface area contributed by atoms with E-state index in [9.17, 15) is 4.39 Å². The molecule has 0 bridgehead atoms. The quantitative estimate of drug-likeness (QED) is 0.675. The average Bonchev–Trinajstić information content (AvgIpc) is 2.35. The van der Waals surface area contributed by atoms with E-state index in [-0.39, 0.29) is 5.82 Å². The van der Waals surface area contributed by atoms with E-state index in [0.29, 0.717) is 15.3 Å². The van der Waals surface area contributed by atoms with E-state index in [2.05, 4.69) is 9.97 Å². The van der Waals surface area contributed by atoms with Gasteiger partial charge in [0, 0.05) is 16.2 Å². The number of hydrogen-bond acceptors (Lipinski definition) is 3. The van der Waals surface area contributed by atoms with Gasteiger partial charge in [-0.05, 0) is 26.0 Å². The van der Waals surface area contributed by atoms with Crippen LogP contribution in [0.15, 0.2) is 29.2 Å². The molecule has 0 aliphatic rings. The zero-order valence-corrected chi connectivity index (χ0v) is 11.8. The Kier molecular flexibility index (Phi) is 4.14. The molecule has 0 unspecified atom stereocenters. The summed E-state index contributed by atoms with van der Waals surface area (Å²) < 4.78 is 14.0. The number of H-pyrrole nitrogens is 1. The maximum absolute atomic E-state index is 13.4. The molecule has 0 saturated heterocycles. The average molecular weight is 280 g/mol. The second-order valence-electron chi connectivity index (χ2n) is 3.96. The number of thioether (sulfide) groups is 1. The van der Waals surface area contributed by atoms with Crippen LogP contribution in [-0.2, 0) is 5.75 Å². The minimum atomic E-state index is -0.204. The highest BCUT2D eigenvalue weighted by molar-refractivity contribution is 7.98. The maximum atomic E-state index is 13.4. The molecule has 1 aromatic heterocycles. The Morgan fingerprint density at radius 1 is 1.33 bits per heavy atom. The van der Waals surface area contributed by atoms with Crippen molar-refractivity contribution in [2.75, 3.05) is 0 Å². The van der Waals surface area contributed by atoms with Crippen LogP contribution < -0.4 is 0 Å². The highest BCUT2D eigenvalue weighted by Gasteiger charge is 2.05. The summed E-state index contributed by atoms with van der Waals surface area (Å²) in [7, 11) is 0. The molecule has 1 aromatic carbocycles. The Labute approximate surface area is 115 Å². The second-order valence-corrected chi connectivity index (χ2v) is 5.36. The first-order valence-corrected chi connectivity index (χ1v) is 6.91. The van der Waals surface area contributed by atoms with Crippen LogP contribution >= 0.6 is 24.0 Å². The van der Waals surface area contributed by atoms with Crippen molar-refractivity contribution in [2.24, 2.45) is 0 Å². The zero-order chi connectivity index (χ0) is 13.1. The normalized spacial score (nSPS) is 10.6. The Balaban J connectivity index is 2.17. The van der Waals surface area contributed by atoms with Crippen LogP contribution in [0, 0.1) is 24.3 Å². The molecule has 18 heavy (non-hydrogen) atoms. The van der Waals surface area contributed by atoms with E-state index in [1.54, 1.807) is 12.1 Å². The van der Waals surface area contributed by atoms with Crippen molar-refractivity contribution in [3.8, 4) is 0 Å². The fraction of sp³-hybridized carbons (Fsp3) is 0.231. The summed E-state index contributed by atoms with van der Waals surface area (Å²) in [6.07, 6.45) is 0. The van der Waals surface area contributed by atoms with Crippen molar-refractivity contribution in [2.45, 2.75) is 24.5 Å². The lowest BCUT2D eigenvalue weighted by atomic mass is 10.3. The van der Waals surface area contributed by atoms with Gasteiger partial charge in [-0.25, -0.2) is 9.37 Å². The monoisotopic (exact) mass is 280 g/mol. The van der Waals surface area contributed by atoms with E-state index in [1.807, 2.05) is 19.9 Å². The van der Waals surface area contributed by atoms with E-state index in [1.165, 1.54) is 17.8 Å². The highest BCUT2D eigenvalue weighted by Crippen LogP contribution is 2.24. The van der Waals surface area contributed by atoms with Crippen LogP contribution in [0.5, 0.6) is 0 Å². The van der Waals surface area contributed by atoms with Crippen molar-refractivity contribution < 1.29 is 4.39 Å². The highest BCUT2D eigenvalue weighted by atomic mass is 32.2. The summed E-state index contributed by atoms with van der Waals surface area (Å²) in [6, 6.07) is 6.72. The van der Waals surface area contributed by atoms with Crippen molar-refractivity contribution in [3.63, 3.8) is 0 Å². The smallest absolute Gasteiger partial charge is 0.136 e. The summed E-state index contributed by atoms with van der Waals surface area (Å²) in [5.74, 6) is 1.15. The number of nitrogens with zero attached hydrogens (tertiary/aromatic N) is 1. The third-order valence-electron chi connectivity index (χ3n) is 2.65. The lowest BCUT2D eigenvalue weighted by molar-refractivity contribution is 0.602. The molecule has 2 nitrogen and oxygen atoms in total. The standard InChI is InChI=1S/C13H13FN2S2/c1-8-9(2)15-12(16-13(8)17)7-18-11-6-4-3-5-10(11)14/h3-6H,7H2,1-2H3,(H,15,16,17). The minimum absolute atomic E-state index is 0.204. The maximum Gasteiger partial charge on any atom is 0.136 e. The van der Waals surface area contributed by atoms with Gasteiger partial charge < -0.3 is 4.98 Å². The molecule has 2 aromatic rings. The van der Waals surface area contributed by atoms with Gasteiger partial charge in [-0.2, -0.15) is 0 Å². The Morgan fingerprint density at radius 2 is 2.06 bits per heavy atom. The Morgan fingerprint density at radius 3 is 2.72 bits per heavy atom. The molecule has 1 heterocycles. The summed E-state index contributed by atoms with van der Waals surface area (Å²) >= 11 is 6.58. The Hall–Kier alpha value is -1.20. The molecular formula is C13H13FN2S2. The number of nitrogens with one attached hydrogen (secondary N) is 1. The molecule has 1 N–H and O–H groups in total. The van der Waals surface area contributed by atoms with Gasteiger partial charge >= 0.3 is 0 Å². The largest absolute Gasteiger partial charge is 0.346 e. The third-order valence-corrected chi connectivity index (χ3v) is 4.11. The summed E-state index contributed by atoms with van der Waals surface area (Å²) in [5.41, 5.74) is 2.00. The molecular weight excluding hydrogens is 267 g/mol. The van der Waals surface area contributed by atoms with Gasteiger partial charge in [0.2, 0.25) is 0 Å². The molecule has 0 saturated carbocycles. The van der Waals surface area contributed by atoms with E-state index in [0.717, 1.165) is 17.1 Å². The first kappa shape index (κ1) is 13.2. The number of halogens is 1. The van der Waals surface area contributed by atoms with Crippen LogP contribution in [0.4, 0.5) is 4.39 Å². The number of aryl methyl sites for hydroxylation is 1. The van der Waals surface area contributed by atoms with Gasteiger partial charge in [0.15, 0.2) is 0 Å². The predicted molar refractivity (Wildman–Crippen MR) is 74.9 cm³/mol. The SMILES string of the molecule is Cc1[nH]c(CSc2ccccc2F)nc(=S)c1C. The Bertz CT molecular complexity index is 623. The van der Waals surface area contributed by atoms with Gasteiger partial charge in [-0.3, -0.25) is 0 Å². The molecule has 0 radical (unpaired) electrons. The number of aromatic amines is 1. The molecule has 0 aliphatic heterocycles. The number of benzene rings is 1. The molecule has 0 spiro atoms. The minimum Gasteiger partial charge on any atom is -0.346 e. The summed E-state index contributed by atoms with van der Waals surface area (Å²) in [5, 5.41) is 0. The topological polar surface area (TPSA) is 28.7 Å². The van der Waals surface area contributed by atoms with Crippen LogP contribution in [0.25, 0.3) is 0 Å². The fourth-order valence-corrected chi connectivity index (χ4v) is 2.55. The molecule has 0 atom stereocenters.